The summed E-state index contributed by atoms with van der Waals surface area (Å²) in [6.45, 7) is 3.27. The molecule has 2 heterocycles. The molecule has 0 fully saturated rings. The third-order valence-electron chi connectivity index (χ3n) is 1.88. The Labute approximate surface area is 64.3 Å². The number of thiazole rings is 1. The van der Waals surface area contributed by atoms with Crippen molar-refractivity contribution in [2.24, 2.45) is 0 Å². The predicted octanol–water partition coefficient (Wildman–Crippen LogP) is 1.35. The molecular weight excluding hydrogens is 144 g/mol. The van der Waals surface area contributed by atoms with Crippen molar-refractivity contribution in [3.8, 4) is 0 Å². The quantitative estimate of drug-likeness (QED) is 0.610. The minimum atomic E-state index is 0.524. The van der Waals surface area contributed by atoms with Crippen molar-refractivity contribution in [1.82, 2.24) is 10.3 Å². The zero-order valence-electron chi connectivity index (χ0n) is 5.92. The van der Waals surface area contributed by atoms with Crippen LogP contribution in [-0.4, -0.2) is 11.5 Å². The van der Waals surface area contributed by atoms with Crippen LogP contribution in [0.2, 0.25) is 0 Å². The summed E-state index contributed by atoms with van der Waals surface area (Å²) in [6, 6.07) is 0.524. The molecule has 0 bridgehead atoms. The van der Waals surface area contributed by atoms with Gasteiger partial charge in [-0.05, 0) is 6.92 Å². The molecule has 1 aromatic rings. The highest BCUT2D eigenvalue weighted by molar-refractivity contribution is 7.09. The lowest BCUT2D eigenvalue weighted by atomic mass is 10.1. The smallest absolute Gasteiger partial charge is 0.0798 e. The topological polar surface area (TPSA) is 24.9 Å². The molecule has 0 saturated heterocycles. The van der Waals surface area contributed by atoms with Crippen LogP contribution in [0.25, 0.3) is 0 Å². The molecule has 1 aromatic heterocycles. The first-order valence-electron chi connectivity index (χ1n) is 3.53. The number of hydrogen-bond donors (Lipinski definition) is 1. The molecule has 1 aliphatic heterocycles. The van der Waals surface area contributed by atoms with Crippen molar-refractivity contribution in [2.45, 2.75) is 19.4 Å². The minimum Gasteiger partial charge on any atom is -0.309 e. The lowest BCUT2D eigenvalue weighted by Crippen LogP contribution is -2.26. The summed E-state index contributed by atoms with van der Waals surface area (Å²) >= 11 is 1.76. The first-order chi connectivity index (χ1) is 4.88. The minimum absolute atomic E-state index is 0.524. The van der Waals surface area contributed by atoms with Crippen molar-refractivity contribution in [2.75, 3.05) is 6.54 Å². The SMILES string of the molecule is C[C@H]1NCCc2ncsc21. The molecule has 54 valence electrons. The molecule has 0 radical (unpaired) electrons. The van der Waals surface area contributed by atoms with E-state index in [9.17, 15) is 0 Å². The van der Waals surface area contributed by atoms with Crippen molar-refractivity contribution in [3.63, 3.8) is 0 Å². The predicted molar refractivity (Wildman–Crippen MR) is 42.2 cm³/mol. The molecule has 1 atom stereocenters. The van der Waals surface area contributed by atoms with E-state index < -0.39 is 0 Å². The van der Waals surface area contributed by atoms with Crippen LogP contribution in [0.3, 0.4) is 0 Å². The summed E-state index contributed by atoms with van der Waals surface area (Å²) in [6.07, 6.45) is 1.10. The van der Waals surface area contributed by atoms with Crippen LogP contribution < -0.4 is 5.32 Å². The normalized spacial score (nSPS) is 24.3. The Kier molecular flexibility index (Phi) is 1.47. The molecule has 0 aliphatic carbocycles. The van der Waals surface area contributed by atoms with Gasteiger partial charge in [-0.25, -0.2) is 4.98 Å². The third-order valence-corrected chi connectivity index (χ3v) is 2.93. The Bertz CT molecular complexity index is 231. The summed E-state index contributed by atoms with van der Waals surface area (Å²) in [5.74, 6) is 0. The maximum absolute atomic E-state index is 4.29. The average Bonchev–Trinajstić information content (AvgIpc) is 2.36. The summed E-state index contributed by atoms with van der Waals surface area (Å²) in [5.41, 5.74) is 3.24. The molecule has 0 amide bonds. The van der Waals surface area contributed by atoms with E-state index in [1.807, 2.05) is 5.51 Å². The second kappa shape index (κ2) is 2.32. The summed E-state index contributed by atoms with van der Waals surface area (Å²) < 4.78 is 0. The van der Waals surface area contributed by atoms with E-state index in [0.717, 1.165) is 13.0 Å². The molecule has 10 heavy (non-hydrogen) atoms. The van der Waals surface area contributed by atoms with Gasteiger partial charge in [0.1, 0.15) is 0 Å². The molecule has 0 saturated carbocycles. The number of rotatable bonds is 0. The average molecular weight is 154 g/mol. The van der Waals surface area contributed by atoms with Gasteiger partial charge >= 0.3 is 0 Å². The Morgan fingerprint density at radius 2 is 2.70 bits per heavy atom. The number of aromatic nitrogens is 1. The van der Waals surface area contributed by atoms with E-state index >= 15 is 0 Å². The molecular formula is C7H10N2S. The third kappa shape index (κ3) is 0.859. The molecule has 2 rings (SSSR count). The van der Waals surface area contributed by atoms with Crippen LogP contribution in [0.15, 0.2) is 5.51 Å². The highest BCUT2D eigenvalue weighted by Gasteiger charge is 2.17. The van der Waals surface area contributed by atoms with Gasteiger partial charge in [-0.1, -0.05) is 0 Å². The van der Waals surface area contributed by atoms with E-state index in [4.69, 9.17) is 0 Å². The highest BCUT2D eigenvalue weighted by atomic mass is 32.1. The van der Waals surface area contributed by atoms with Gasteiger partial charge in [0.15, 0.2) is 0 Å². The molecule has 3 heteroatoms. The Morgan fingerprint density at radius 3 is 3.50 bits per heavy atom. The maximum atomic E-state index is 4.29. The van der Waals surface area contributed by atoms with Crippen molar-refractivity contribution in [3.05, 3.63) is 16.1 Å². The second-order valence-corrected chi connectivity index (χ2v) is 3.48. The van der Waals surface area contributed by atoms with E-state index in [0.29, 0.717) is 6.04 Å². The fourth-order valence-corrected chi connectivity index (χ4v) is 2.19. The molecule has 0 unspecified atom stereocenters. The fraction of sp³-hybridized carbons (Fsp3) is 0.571. The van der Waals surface area contributed by atoms with E-state index in [1.165, 1.54) is 10.6 Å². The summed E-state index contributed by atoms with van der Waals surface area (Å²) in [4.78, 5) is 5.71. The van der Waals surface area contributed by atoms with Gasteiger partial charge < -0.3 is 5.32 Å². The lowest BCUT2D eigenvalue weighted by molar-refractivity contribution is 0.545. The van der Waals surface area contributed by atoms with Crippen LogP contribution >= 0.6 is 11.3 Å². The van der Waals surface area contributed by atoms with Crippen LogP contribution in [0.5, 0.6) is 0 Å². The summed E-state index contributed by atoms with van der Waals surface area (Å²) in [7, 11) is 0. The van der Waals surface area contributed by atoms with Gasteiger partial charge in [0, 0.05) is 23.9 Å². The number of nitrogens with zero attached hydrogens (tertiary/aromatic N) is 1. The van der Waals surface area contributed by atoms with Crippen molar-refractivity contribution in [1.29, 1.82) is 0 Å². The largest absolute Gasteiger partial charge is 0.309 e. The Balaban J connectivity index is 2.41. The number of hydrogen-bond acceptors (Lipinski definition) is 3. The van der Waals surface area contributed by atoms with Gasteiger partial charge in [-0.3, -0.25) is 0 Å². The monoisotopic (exact) mass is 154 g/mol. The van der Waals surface area contributed by atoms with E-state index in [1.54, 1.807) is 11.3 Å². The first kappa shape index (κ1) is 6.31. The molecule has 0 aromatic carbocycles. The van der Waals surface area contributed by atoms with Gasteiger partial charge in [0.2, 0.25) is 0 Å². The van der Waals surface area contributed by atoms with Crippen LogP contribution in [0.4, 0.5) is 0 Å². The zero-order chi connectivity index (χ0) is 6.97. The Morgan fingerprint density at radius 1 is 1.80 bits per heavy atom. The number of fused-ring (bicyclic) bond motifs is 1. The van der Waals surface area contributed by atoms with E-state index in [2.05, 4.69) is 17.2 Å². The number of nitrogens with one attached hydrogen (secondary N) is 1. The molecule has 1 N–H and O–H groups in total. The van der Waals surface area contributed by atoms with Gasteiger partial charge in [0.25, 0.3) is 0 Å². The molecule has 1 aliphatic rings. The Hall–Kier alpha value is -0.410. The van der Waals surface area contributed by atoms with Crippen molar-refractivity contribution >= 4 is 11.3 Å². The fourth-order valence-electron chi connectivity index (χ4n) is 1.32. The van der Waals surface area contributed by atoms with Gasteiger partial charge in [-0.15, -0.1) is 11.3 Å². The van der Waals surface area contributed by atoms with E-state index in [-0.39, 0.29) is 0 Å². The molecule has 0 spiro atoms. The first-order valence-corrected chi connectivity index (χ1v) is 4.41. The summed E-state index contributed by atoms with van der Waals surface area (Å²) in [5, 5.41) is 3.39. The van der Waals surface area contributed by atoms with Gasteiger partial charge in [-0.2, -0.15) is 0 Å². The van der Waals surface area contributed by atoms with Crippen LogP contribution in [0.1, 0.15) is 23.5 Å². The highest BCUT2D eigenvalue weighted by Crippen LogP contribution is 2.24. The van der Waals surface area contributed by atoms with Crippen LogP contribution in [-0.2, 0) is 6.42 Å². The molecule has 2 nitrogen and oxygen atoms in total. The standard InChI is InChI=1S/C7H10N2S/c1-5-7-6(2-3-8-5)9-4-10-7/h4-5,8H,2-3H2,1H3/t5-/m1/s1. The lowest BCUT2D eigenvalue weighted by Gasteiger charge is -2.18. The zero-order valence-corrected chi connectivity index (χ0v) is 6.74. The van der Waals surface area contributed by atoms with Crippen LogP contribution in [0, 0.1) is 0 Å². The van der Waals surface area contributed by atoms with Crippen molar-refractivity contribution < 1.29 is 0 Å². The van der Waals surface area contributed by atoms with Gasteiger partial charge in [0.05, 0.1) is 11.2 Å². The maximum Gasteiger partial charge on any atom is 0.0798 e. The second-order valence-electron chi connectivity index (χ2n) is 2.59.